The molecular weight excluding hydrogens is 416 g/mol. The van der Waals surface area contributed by atoms with Crippen molar-refractivity contribution in [1.29, 1.82) is 0 Å². The van der Waals surface area contributed by atoms with Crippen molar-refractivity contribution in [2.45, 2.75) is 55.6 Å². The molecule has 1 aromatic carbocycles. The second kappa shape index (κ2) is 8.99. The van der Waals surface area contributed by atoms with Crippen LogP contribution in [0.15, 0.2) is 53.4 Å². The summed E-state index contributed by atoms with van der Waals surface area (Å²) in [6, 6.07) is 9.97. The molecule has 3 atom stereocenters. The molecular formula is C27H34N2O4. The van der Waals surface area contributed by atoms with E-state index in [2.05, 4.69) is 22.3 Å². The molecule has 0 bridgehead atoms. The fraction of sp³-hybridized carbons (Fsp3) is 0.519. The molecule has 5 rings (SSSR count). The molecule has 6 nitrogen and oxygen atoms in total. The van der Waals surface area contributed by atoms with Crippen LogP contribution in [0.25, 0.3) is 6.08 Å². The Bertz CT molecular complexity index is 999. The number of aliphatic hydroxyl groups is 1. The number of carbonyl (C=O) groups is 1. The number of rotatable bonds is 7. The lowest BCUT2D eigenvalue weighted by Crippen LogP contribution is -2.67. The number of methoxy groups -OCH3 is 1. The van der Waals surface area contributed by atoms with Crippen molar-refractivity contribution >= 4 is 12.0 Å². The zero-order valence-corrected chi connectivity index (χ0v) is 19.3. The zero-order valence-electron chi connectivity index (χ0n) is 19.3. The van der Waals surface area contributed by atoms with Gasteiger partial charge in [-0.05, 0) is 80.8 Å². The number of likely N-dealkylation sites (tertiary alicyclic amines) is 1. The summed E-state index contributed by atoms with van der Waals surface area (Å²) in [5, 5.41) is 15.3. The molecule has 3 fully saturated rings. The van der Waals surface area contributed by atoms with Crippen molar-refractivity contribution in [3.05, 3.63) is 60.1 Å². The van der Waals surface area contributed by atoms with E-state index in [1.165, 1.54) is 12.8 Å². The van der Waals surface area contributed by atoms with Crippen LogP contribution in [0.3, 0.4) is 0 Å². The van der Waals surface area contributed by atoms with Gasteiger partial charge in [-0.1, -0.05) is 12.1 Å². The molecule has 2 saturated carbocycles. The molecule has 1 aromatic heterocycles. The quantitative estimate of drug-likeness (QED) is 0.629. The lowest BCUT2D eigenvalue weighted by Gasteiger charge is -2.58. The van der Waals surface area contributed by atoms with Crippen LogP contribution >= 0.6 is 0 Å². The van der Waals surface area contributed by atoms with Crippen LogP contribution in [0.2, 0.25) is 0 Å². The van der Waals surface area contributed by atoms with Crippen LogP contribution < -0.4 is 10.1 Å². The van der Waals surface area contributed by atoms with Gasteiger partial charge in [-0.15, -0.1) is 0 Å². The highest BCUT2D eigenvalue weighted by molar-refractivity contribution is 5.91. The van der Waals surface area contributed by atoms with Crippen LogP contribution in [0, 0.1) is 5.92 Å². The Labute approximate surface area is 195 Å². The summed E-state index contributed by atoms with van der Waals surface area (Å²) in [5.74, 6) is 1.49. The number of carbonyl (C=O) groups excluding carboxylic acids is 1. The van der Waals surface area contributed by atoms with Crippen molar-refractivity contribution in [2.24, 2.45) is 5.92 Å². The van der Waals surface area contributed by atoms with Gasteiger partial charge in [0.1, 0.15) is 5.75 Å². The number of nitrogens with zero attached hydrogens (tertiary/aromatic N) is 1. The molecule has 0 spiro atoms. The summed E-state index contributed by atoms with van der Waals surface area (Å²) in [7, 11) is 1.68. The smallest absolute Gasteiger partial charge is 0.244 e. The first kappa shape index (κ1) is 22.2. The SMILES string of the molecule is COc1cccc([C@@]23CCN(CC4CC4)C[C@@]2(O)CC[C@H](NC(=O)/C=C/c2ccoc2)C3)c1. The molecule has 1 aliphatic heterocycles. The predicted octanol–water partition coefficient (Wildman–Crippen LogP) is 3.75. The number of hydrogen-bond acceptors (Lipinski definition) is 5. The van der Waals surface area contributed by atoms with Gasteiger partial charge in [0.15, 0.2) is 0 Å². The molecule has 2 aliphatic carbocycles. The van der Waals surface area contributed by atoms with Gasteiger partial charge >= 0.3 is 0 Å². The van der Waals surface area contributed by atoms with Gasteiger partial charge in [0.2, 0.25) is 5.91 Å². The minimum Gasteiger partial charge on any atom is -0.497 e. The molecule has 2 aromatic rings. The van der Waals surface area contributed by atoms with Gasteiger partial charge in [0.25, 0.3) is 0 Å². The van der Waals surface area contributed by atoms with Gasteiger partial charge in [0, 0.05) is 36.2 Å². The average molecular weight is 451 g/mol. The van der Waals surface area contributed by atoms with Gasteiger partial charge in [-0.2, -0.15) is 0 Å². The Morgan fingerprint density at radius 1 is 1.30 bits per heavy atom. The number of benzene rings is 1. The largest absolute Gasteiger partial charge is 0.497 e. The number of nitrogens with one attached hydrogen (secondary N) is 1. The standard InChI is InChI=1S/C27H34N2O4/c1-32-24-4-2-3-22(15-24)26-12-13-29(17-20-5-6-20)19-27(26,31)11-9-23(16-26)28-25(30)8-7-21-10-14-33-18-21/h2-4,7-8,10,14-15,18,20,23,31H,5-6,9,11-13,16-17,19H2,1H3,(H,28,30)/b8-7+/t23-,26-,27-/m0/s1. The normalized spacial score (nSPS) is 30.2. The molecule has 176 valence electrons. The first-order valence-corrected chi connectivity index (χ1v) is 12.1. The van der Waals surface area contributed by atoms with E-state index in [9.17, 15) is 9.90 Å². The topological polar surface area (TPSA) is 74.9 Å². The summed E-state index contributed by atoms with van der Waals surface area (Å²) in [4.78, 5) is 15.1. The van der Waals surface area contributed by atoms with Crippen molar-refractivity contribution in [2.75, 3.05) is 26.7 Å². The van der Waals surface area contributed by atoms with E-state index < -0.39 is 11.0 Å². The van der Waals surface area contributed by atoms with E-state index in [1.807, 2.05) is 18.2 Å². The Balaban J connectivity index is 1.38. The van der Waals surface area contributed by atoms with Crippen molar-refractivity contribution in [3.63, 3.8) is 0 Å². The van der Waals surface area contributed by atoms with E-state index in [4.69, 9.17) is 9.15 Å². The van der Waals surface area contributed by atoms with Crippen molar-refractivity contribution in [3.8, 4) is 5.75 Å². The Morgan fingerprint density at radius 2 is 2.18 bits per heavy atom. The minimum absolute atomic E-state index is 0.00737. The van der Waals surface area contributed by atoms with E-state index in [1.54, 1.807) is 31.8 Å². The second-order valence-electron chi connectivity index (χ2n) is 10.1. The monoisotopic (exact) mass is 450 g/mol. The maximum Gasteiger partial charge on any atom is 0.244 e. The lowest BCUT2D eigenvalue weighted by molar-refractivity contribution is -0.132. The average Bonchev–Trinajstić information content (AvgIpc) is 3.47. The molecule has 0 radical (unpaired) electrons. The van der Waals surface area contributed by atoms with Gasteiger partial charge in [0.05, 0.1) is 25.2 Å². The van der Waals surface area contributed by atoms with Crippen LogP contribution in [0.4, 0.5) is 0 Å². The minimum atomic E-state index is -0.819. The van der Waals surface area contributed by atoms with Crippen molar-refractivity contribution < 1.29 is 19.1 Å². The molecule has 3 aliphatic rings. The zero-order chi connectivity index (χ0) is 22.9. The Kier molecular flexibility index (Phi) is 6.06. The number of ether oxygens (including phenoxy) is 1. The maximum atomic E-state index is 12.6. The van der Waals surface area contributed by atoms with Gasteiger partial charge in [-0.25, -0.2) is 0 Å². The van der Waals surface area contributed by atoms with Crippen LogP contribution in [0.1, 0.15) is 49.7 Å². The highest BCUT2D eigenvalue weighted by Crippen LogP contribution is 2.52. The fourth-order valence-corrected chi connectivity index (χ4v) is 5.92. The van der Waals surface area contributed by atoms with Crippen molar-refractivity contribution in [1.82, 2.24) is 10.2 Å². The number of amides is 1. The Hall–Kier alpha value is -2.57. The molecule has 33 heavy (non-hydrogen) atoms. The summed E-state index contributed by atoms with van der Waals surface area (Å²) < 4.78 is 10.6. The third kappa shape index (κ3) is 4.59. The third-order valence-electron chi connectivity index (χ3n) is 7.88. The number of hydrogen-bond donors (Lipinski definition) is 2. The third-order valence-corrected chi connectivity index (χ3v) is 7.88. The predicted molar refractivity (Wildman–Crippen MR) is 127 cm³/mol. The fourth-order valence-electron chi connectivity index (χ4n) is 5.92. The number of β-amino-alcohol motifs (C(OH)–C–C–N with tert-alkyl or cyclic N) is 1. The van der Waals surface area contributed by atoms with Gasteiger partial charge in [-0.3, -0.25) is 4.79 Å². The summed E-state index contributed by atoms with van der Waals surface area (Å²) >= 11 is 0. The Morgan fingerprint density at radius 3 is 2.94 bits per heavy atom. The van der Waals surface area contributed by atoms with E-state index in [-0.39, 0.29) is 11.9 Å². The lowest BCUT2D eigenvalue weighted by atomic mass is 9.55. The van der Waals surface area contributed by atoms with Crippen LogP contribution in [0.5, 0.6) is 5.75 Å². The molecule has 1 saturated heterocycles. The highest BCUT2D eigenvalue weighted by Gasteiger charge is 2.57. The molecule has 0 unspecified atom stereocenters. The van der Waals surface area contributed by atoms with E-state index in [0.717, 1.165) is 55.1 Å². The number of piperidine rings is 1. The van der Waals surface area contributed by atoms with E-state index in [0.29, 0.717) is 13.0 Å². The van der Waals surface area contributed by atoms with Gasteiger partial charge < -0.3 is 24.5 Å². The summed E-state index contributed by atoms with van der Waals surface area (Å²) in [6.45, 7) is 2.76. The first-order chi connectivity index (χ1) is 16.0. The second-order valence-corrected chi connectivity index (χ2v) is 10.1. The number of fused-ring (bicyclic) bond motifs is 1. The summed E-state index contributed by atoms with van der Waals surface area (Å²) in [6.07, 6.45) is 12.2. The summed E-state index contributed by atoms with van der Waals surface area (Å²) in [5.41, 5.74) is 0.745. The maximum absolute atomic E-state index is 12.6. The van der Waals surface area contributed by atoms with Crippen LogP contribution in [-0.4, -0.2) is 54.3 Å². The van der Waals surface area contributed by atoms with E-state index >= 15 is 0 Å². The molecule has 2 N–H and O–H groups in total. The first-order valence-electron chi connectivity index (χ1n) is 12.1. The molecule has 2 heterocycles. The molecule has 1 amide bonds. The number of furan rings is 1. The molecule has 6 heteroatoms. The van der Waals surface area contributed by atoms with Crippen LogP contribution in [-0.2, 0) is 10.2 Å². The highest BCUT2D eigenvalue weighted by atomic mass is 16.5.